The van der Waals surface area contributed by atoms with E-state index in [0.29, 0.717) is 6.42 Å². The van der Waals surface area contributed by atoms with Crippen molar-refractivity contribution in [2.45, 2.75) is 52.4 Å². The second kappa shape index (κ2) is 8.70. The summed E-state index contributed by atoms with van der Waals surface area (Å²) in [7, 11) is 0. The molecule has 0 spiro atoms. The molecule has 3 N–H and O–H groups in total. The largest absolute Gasteiger partial charge is 0.330 e. The molecule has 0 aliphatic heterocycles. The maximum Gasteiger partial charge on any atom is 0.224 e. The first-order valence-electron chi connectivity index (χ1n) is 7.27. The maximum atomic E-state index is 11.9. The van der Waals surface area contributed by atoms with Crippen molar-refractivity contribution in [3.8, 4) is 0 Å². The van der Waals surface area contributed by atoms with Crippen LogP contribution in [0.3, 0.4) is 0 Å². The molecule has 0 aromatic heterocycles. The molecule has 0 heterocycles. The predicted octanol–water partition coefficient (Wildman–Crippen LogP) is 3.41. The fourth-order valence-corrected chi connectivity index (χ4v) is 2.19. The van der Waals surface area contributed by atoms with Gasteiger partial charge in [0.05, 0.1) is 0 Å². The van der Waals surface area contributed by atoms with Crippen molar-refractivity contribution < 1.29 is 4.79 Å². The Balaban J connectivity index is 2.44. The lowest BCUT2D eigenvalue weighted by atomic mass is 10.1. The monoisotopic (exact) mass is 262 g/mol. The Morgan fingerprint density at radius 3 is 2.63 bits per heavy atom. The van der Waals surface area contributed by atoms with Gasteiger partial charge in [0, 0.05) is 12.1 Å². The van der Waals surface area contributed by atoms with E-state index < -0.39 is 0 Å². The number of unbranched alkanes of at least 4 members (excludes halogenated alkanes) is 3. The Hall–Kier alpha value is -1.35. The molecule has 1 rings (SSSR count). The van der Waals surface area contributed by atoms with E-state index in [1.54, 1.807) is 0 Å². The molecule has 0 radical (unpaired) electrons. The number of amides is 1. The van der Waals surface area contributed by atoms with Gasteiger partial charge in [0.2, 0.25) is 5.91 Å². The van der Waals surface area contributed by atoms with Crippen LogP contribution in [-0.2, 0) is 11.2 Å². The van der Waals surface area contributed by atoms with Crippen LogP contribution in [0.25, 0.3) is 0 Å². The maximum absolute atomic E-state index is 11.9. The van der Waals surface area contributed by atoms with Gasteiger partial charge >= 0.3 is 0 Å². The summed E-state index contributed by atoms with van der Waals surface area (Å²) in [6.45, 7) is 4.89. The molecule has 3 heteroatoms. The molecule has 19 heavy (non-hydrogen) atoms. The van der Waals surface area contributed by atoms with Crippen LogP contribution < -0.4 is 11.1 Å². The molecule has 0 fully saturated rings. The molecule has 3 nitrogen and oxygen atoms in total. The van der Waals surface area contributed by atoms with Crippen molar-refractivity contribution in [2.75, 3.05) is 11.9 Å². The number of nitrogens with two attached hydrogens (primary N) is 1. The average molecular weight is 262 g/mol. The molecule has 1 aromatic carbocycles. The van der Waals surface area contributed by atoms with E-state index in [0.717, 1.165) is 49.9 Å². The fraction of sp³-hybridized carbons (Fsp3) is 0.562. The molecule has 1 amide bonds. The fourth-order valence-electron chi connectivity index (χ4n) is 2.19. The standard InChI is InChI=1S/C16H26N2O/c1-3-14-10-8-9-13(2)16(14)18-15(19)11-6-4-5-7-12-17/h8-10H,3-7,11-12,17H2,1-2H3,(H,18,19). The highest BCUT2D eigenvalue weighted by Gasteiger charge is 2.08. The third-order valence-electron chi connectivity index (χ3n) is 3.36. The number of carbonyl (C=O) groups excluding carboxylic acids is 1. The summed E-state index contributed by atoms with van der Waals surface area (Å²) in [5.74, 6) is 0.122. The Bertz CT molecular complexity index is 402. The summed E-state index contributed by atoms with van der Waals surface area (Å²) in [6.07, 6.45) is 5.74. The number of aryl methyl sites for hydroxylation is 2. The van der Waals surface area contributed by atoms with Crippen LogP contribution in [-0.4, -0.2) is 12.5 Å². The second-order valence-electron chi connectivity index (χ2n) is 4.96. The van der Waals surface area contributed by atoms with Crippen LogP contribution in [0.2, 0.25) is 0 Å². The average Bonchev–Trinajstić information content (AvgIpc) is 2.41. The van der Waals surface area contributed by atoms with Gasteiger partial charge in [-0.25, -0.2) is 0 Å². The lowest BCUT2D eigenvalue weighted by Gasteiger charge is -2.12. The van der Waals surface area contributed by atoms with E-state index in [4.69, 9.17) is 5.73 Å². The Morgan fingerprint density at radius 2 is 1.95 bits per heavy atom. The van der Waals surface area contributed by atoms with Gasteiger partial charge in [-0.15, -0.1) is 0 Å². The molecule has 0 atom stereocenters. The number of hydrogen-bond acceptors (Lipinski definition) is 2. The van der Waals surface area contributed by atoms with E-state index in [2.05, 4.69) is 18.3 Å². The number of para-hydroxylation sites is 1. The normalized spacial score (nSPS) is 10.5. The van der Waals surface area contributed by atoms with Gasteiger partial charge in [-0.05, 0) is 43.9 Å². The molecule has 1 aromatic rings. The highest BCUT2D eigenvalue weighted by atomic mass is 16.1. The van der Waals surface area contributed by atoms with E-state index in [1.807, 2.05) is 19.1 Å². The SMILES string of the molecule is CCc1cccc(C)c1NC(=O)CCCCCCN. The number of carbonyl (C=O) groups is 1. The van der Waals surface area contributed by atoms with Crippen molar-refractivity contribution in [3.63, 3.8) is 0 Å². The predicted molar refractivity (Wildman–Crippen MR) is 81.3 cm³/mol. The van der Waals surface area contributed by atoms with Crippen LogP contribution in [0.1, 0.15) is 50.2 Å². The first-order valence-corrected chi connectivity index (χ1v) is 7.27. The Labute approximate surface area is 116 Å². The number of anilines is 1. The van der Waals surface area contributed by atoms with Gasteiger partial charge in [-0.3, -0.25) is 4.79 Å². The topological polar surface area (TPSA) is 55.1 Å². The number of benzene rings is 1. The number of nitrogens with one attached hydrogen (secondary N) is 1. The highest BCUT2D eigenvalue weighted by molar-refractivity contribution is 5.92. The first kappa shape index (κ1) is 15.7. The summed E-state index contributed by atoms with van der Waals surface area (Å²) in [5, 5.41) is 3.06. The first-order chi connectivity index (χ1) is 9.19. The molecule has 0 bridgehead atoms. The molecule has 106 valence electrons. The summed E-state index contributed by atoms with van der Waals surface area (Å²) >= 11 is 0. The van der Waals surface area contributed by atoms with Gasteiger partial charge in [-0.1, -0.05) is 38.0 Å². The highest BCUT2D eigenvalue weighted by Crippen LogP contribution is 2.21. The van der Waals surface area contributed by atoms with Gasteiger partial charge in [0.15, 0.2) is 0 Å². The number of hydrogen-bond donors (Lipinski definition) is 2. The van der Waals surface area contributed by atoms with Crippen LogP contribution in [0.5, 0.6) is 0 Å². The van der Waals surface area contributed by atoms with Crippen molar-refractivity contribution in [2.24, 2.45) is 5.73 Å². The molecule has 0 saturated carbocycles. The smallest absolute Gasteiger partial charge is 0.224 e. The van der Waals surface area contributed by atoms with Gasteiger partial charge in [0.1, 0.15) is 0 Å². The lowest BCUT2D eigenvalue weighted by molar-refractivity contribution is -0.116. The quantitative estimate of drug-likeness (QED) is 0.705. The molecule has 0 aliphatic rings. The summed E-state index contributed by atoms with van der Waals surface area (Å²) < 4.78 is 0. The van der Waals surface area contributed by atoms with Crippen LogP contribution in [0.15, 0.2) is 18.2 Å². The zero-order valence-electron chi connectivity index (χ0n) is 12.2. The Morgan fingerprint density at radius 1 is 1.21 bits per heavy atom. The van der Waals surface area contributed by atoms with Crippen molar-refractivity contribution in [1.29, 1.82) is 0 Å². The minimum Gasteiger partial charge on any atom is -0.330 e. The van der Waals surface area contributed by atoms with E-state index in [9.17, 15) is 4.79 Å². The lowest BCUT2D eigenvalue weighted by Crippen LogP contribution is -2.13. The van der Waals surface area contributed by atoms with Crippen LogP contribution >= 0.6 is 0 Å². The third kappa shape index (κ3) is 5.43. The van der Waals surface area contributed by atoms with Crippen molar-refractivity contribution in [3.05, 3.63) is 29.3 Å². The zero-order chi connectivity index (χ0) is 14.1. The zero-order valence-corrected chi connectivity index (χ0v) is 12.2. The number of rotatable bonds is 8. The van der Waals surface area contributed by atoms with E-state index in [1.165, 1.54) is 5.56 Å². The second-order valence-corrected chi connectivity index (χ2v) is 4.96. The van der Waals surface area contributed by atoms with Gasteiger partial charge < -0.3 is 11.1 Å². The van der Waals surface area contributed by atoms with Crippen molar-refractivity contribution in [1.82, 2.24) is 0 Å². The summed E-state index contributed by atoms with van der Waals surface area (Å²) in [5.41, 5.74) is 8.78. The molecule has 0 aliphatic carbocycles. The molecular formula is C16H26N2O. The van der Waals surface area contributed by atoms with Gasteiger partial charge in [0.25, 0.3) is 0 Å². The minimum absolute atomic E-state index is 0.122. The van der Waals surface area contributed by atoms with Gasteiger partial charge in [-0.2, -0.15) is 0 Å². The Kier molecular flexibility index (Phi) is 7.19. The molecule has 0 unspecified atom stereocenters. The minimum atomic E-state index is 0.122. The molecular weight excluding hydrogens is 236 g/mol. The summed E-state index contributed by atoms with van der Waals surface area (Å²) in [4.78, 5) is 11.9. The molecule has 0 saturated heterocycles. The third-order valence-corrected chi connectivity index (χ3v) is 3.36. The summed E-state index contributed by atoms with van der Waals surface area (Å²) in [6, 6.07) is 6.15. The van der Waals surface area contributed by atoms with E-state index in [-0.39, 0.29) is 5.91 Å². The van der Waals surface area contributed by atoms with Crippen LogP contribution in [0, 0.1) is 6.92 Å². The van der Waals surface area contributed by atoms with Crippen LogP contribution in [0.4, 0.5) is 5.69 Å². The van der Waals surface area contributed by atoms with E-state index >= 15 is 0 Å². The van der Waals surface area contributed by atoms with Crippen molar-refractivity contribution >= 4 is 11.6 Å².